The second kappa shape index (κ2) is 6.03. The van der Waals surface area contributed by atoms with Crippen molar-refractivity contribution in [2.75, 3.05) is 6.54 Å². The highest BCUT2D eigenvalue weighted by molar-refractivity contribution is 5.77. The third-order valence-electron chi connectivity index (χ3n) is 2.99. The number of hydrogen-bond acceptors (Lipinski definition) is 2. The van der Waals surface area contributed by atoms with Crippen LogP contribution in [-0.2, 0) is 9.59 Å². The van der Waals surface area contributed by atoms with Gasteiger partial charge in [0.25, 0.3) is 0 Å². The lowest BCUT2D eigenvalue weighted by molar-refractivity contribution is -0.139. The number of carboxylic acids is 1. The topological polar surface area (TPSA) is 66.4 Å². The summed E-state index contributed by atoms with van der Waals surface area (Å²) in [5.41, 5.74) is -0.404. The predicted molar refractivity (Wildman–Crippen MR) is 67.7 cm³/mol. The number of carbonyl (C=O) groups excluding carboxylic acids is 1. The van der Waals surface area contributed by atoms with E-state index in [1.165, 1.54) is 0 Å². The van der Waals surface area contributed by atoms with Crippen molar-refractivity contribution in [3.05, 3.63) is 0 Å². The van der Waals surface area contributed by atoms with Gasteiger partial charge >= 0.3 is 5.97 Å². The first-order valence-electron chi connectivity index (χ1n) is 6.06. The maximum absolute atomic E-state index is 11.7. The summed E-state index contributed by atoms with van der Waals surface area (Å²) in [4.78, 5) is 22.3. The van der Waals surface area contributed by atoms with Gasteiger partial charge in [-0.15, -0.1) is 0 Å². The van der Waals surface area contributed by atoms with Crippen LogP contribution in [-0.4, -0.2) is 23.5 Å². The Morgan fingerprint density at radius 3 is 2.00 bits per heavy atom. The number of carboxylic acid groups (broad SMARTS) is 1. The first kappa shape index (κ1) is 15.9. The number of amides is 1. The summed E-state index contributed by atoms with van der Waals surface area (Å²) in [5, 5.41) is 11.6. The van der Waals surface area contributed by atoms with Crippen molar-refractivity contribution < 1.29 is 14.7 Å². The van der Waals surface area contributed by atoms with Gasteiger partial charge in [-0.25, -0.2) is 0 Å². The Balaban J connectivity index is 4.14. The predicted octanol–water partition coefficient (Wildman–Crippen LogP) is 2.43. The zero-order chi connectivity index (χ0) is 13.7. The Hall–Kier alpha value is -1.06. The molecule has 2 N–H and O–H groups in total. The maximum Gasteiger partial charge on any atom is 0.303 e. The van der Waals surface area contributed by atoms with Crippen molar-refractivity contribution in [2.45, 2.75) is 53.9 Å². The molecule has 0 bridgehead atoms. The van der Waals surface area contributed by atoms with Gasteiger partial charge in [-0.05, 0) is 17.3 Å². The zero-order valence-electron chi connectivity index (χ0n) is 11.6. The molecule has 0 aromatic carbocycles. The Bertz CT molecular complexity index is 282. The van der Waals surface area contributed by atoms with Crippen molar-refractivity contribution in [3.8, 4) is 0 Å². The first-order chi connectivity index (χ1) is 7.58. The molecule has 0 aliphatic heterocycles. The molecule has 4 nitrogen and oxygen atoms in total. The van der Waals surface area contributed by atoms with E-state index >= 15 is 0 Å². The van der Waals surface area contributed by atoms with E-state index in [9.17, 15) is 9.59 Å². The van der Waals surface area contributed by atoms with E-state index < -0.39 is 11.4 Å². The SMILES string of the molecule is CCC(C)(C)CNC(=O)CC(C)(C)CC(=O)O. The number of rotatable bonds is 7. The smallest absolute Gasteiger partial charge is 0.303 e. The molecule has 0 rings (SSSR count). The van der Waals surface area contributed by atoms with Crippen LogP contribution < -0.4 is 5.32 Å². The fourth-order valence-electron chi connectivity index (χ4n) is 1.43. The van der Waals surface area contributed by atoms with Crippen LogP contribution in [0.3, 0.4) is 0 Å². The van der Waals surface area contributed by atoms with Gasteiger partial charge in [0.2, 0.25) is 5.91 Å². The monoisotopic (exact) mass is 243 g/mol. The molecule has 0 atom stereocenters. The lowest BCUT2D eigenvalue weighted by Crippen LogP contribution is -2.36. The van der Waals surface area contributed by atoms with Gasteiger partial charge < -0.3 is 10.4 Å². The Labute approximate surface area is 104 Å². The summed E-state index contributed by atoms with van der Waals surface area (Å²) in [6, 6.07) is 0. The van der Waals surface area contributed by atoms with E-state index in [1.54, 1.807) is 13.8 Å². The van der Waals surface area contributed by atoms with E-state index in [1.807, 2.05) is 0 Å². The molecular formula is C13H25NO3. The fourth-order valence-corrected chi connectivity index (χ4v) is 1.43. The Morgan fingerprint density at radius 2 is 1.59 bits per heavy atom. The van der Waals surface area contributed by atoms with Gasteiger partial charge in [0, 0.05) is 13.0 Å². The fraction of sp³-hybridized carbons (Fsp3) is 0.846. The summed E-state index contributed by atoms with van der Waals surface area (Å²) in [6.45, 7) is 10.5. The quantitative estimate of drug-likeness (QED) is 0.721. The van der Waals surface area contributed by atoms with Crippen LogP contribution in [0.2, 0.25) is 0 Å². The molecule has 0 unspecified atom stereocenters. The zero-order valence-corrected chi connectivity index (χ0v) is 11.6. The summed E-state index contributed by atoms with van der Waals surface area (Å²) >= 11 is 0. The molecule has 0 radical (unpaired) electrons. The molecule has 0 spiro atoms. The molecule has 0 aliphatic rings. The van der Waals surface area contributed by atoms with Gasteiger partial charge in [-0.3, -0.25) is 9.59 Å². The second-order valence-electron chi connectivity index (χ2n) is 6.21. The summed E-state index contributed by atoms with van der Waals surface area (Å²) in [5.74, 6) is -0.936. The van der Waals surface area contributed by atoms with Crippen LogP contribution in [0, 0.1) is 10.8 Å². The lowest BCUT2D eigenvalue weighted by Gasteiger charge is -2.25. The minimum absolute atomic E-state index is 0.0115. The highest BCUT2D eigenvalue weighted by Gasteiger charge is 2.26. The molecular weight excluding hydrogens is 218 g/mol. The van der Waals surface area contributed by atoms with Crippen molar-refractivity contribution in [2.24, 2.45) is 10.8 Å². The molecule has 0 saturated carbocycles. The van der Waals surface area contributed by atoms with Gasteiger partial charge in [0.05, 0.1) is 6.42 Å². The molecule has 0 aromatic heterocycles. The highest BCUT2D eigenvalue weighted by atomic mass is 16.4. The minimum Gasteiger partial charge on any atom is -0.481 e. The van der Waals surface area contributed by atoms with E-state index in [-0.39, 0.29) is 24.2 Å². The highest BCUT2D eigenvalue weighted by Crippen LogP contribution is 2.25. The van der Waals surface area contributed by atoms with Gasteiger partial charge in [0.15, 0.2) is 0 Å². The van der Waals surface area contributed by atoms with Crippen LogP contribution in [0.1, 0.15) is 53.9 Å². The molecule has 4 heteroatoms. The van der Waals surface area contributed by atoms with E-state index in [0.29, 0.717) is 6.54 Å². The summed E-state index contributed by atoms with van der Waals surface area (Å²) in [6.07, 6.45) is 1.25. The van der Waals surface area contributed by atoms with E-state index in [2.05, 4.69) is 26.1 Å². The van der Waals surface area contributed by atoms with Crippen LogP contribution >= 0.6 is 0 Å². The number of nitrogens with one attached hydrogen (secondary N) is 1. The minimum atomic E-state index is -0.864. The molecule has 0 aliphatic carbocycles. The Morgan fingerprint density at radius 1 is 1.06 bits per heavy atom. The maximum atomic E-state index is 11.7. The van der Waals surface area contributed by atoms with Gasteiger partial charge in [-0.1, -0.05) is 34.6 Å². The van der Waals surface area contributed by atoms with Crippen LogP contribution in [0.25, 0.3) is 0 Å². The van der Waals surface area contributed by atoms with Crippen molar-refractivity contribution >= 4 is 11.9 Å². The summed E-state index contributed by atoms with van der Waals surface area (Å²) in [7, 11) is 0. The van der Waals surface area contributed by atoms with Gasteiger partial charge in [0.1, 0.15) is 0 Å². The molecule has 0 aromatic rings. The number of carbonyl (C=O) groups is 2. The van der Waals surface area contributed by atoms with Crippen molar-refractivity contribution in [3.63, 3.8) is 0 Å². The standard InChI is InChI=1S/C13H25NO3/c1-6-12(2,3)9-14-10(15)7-13(4,5)8-11(16)17/h6-9H2,1-5H3,(H,14,15)(H,16,17). The first-order valence-corrected chi connectivity index (χ1v) is 6.06. The third kappa shape index (κ3) is 7.77. The normalized spacial score (nSPS) is 12.3. The van der Waals surface area contributed by atoms with Crippen molar-refractivity contribution in [1.82, 2.24) is 5.32 Å². The molecule has 100 valence electrons. The Kier molecular flexibility index (Phi) is 5.66. The van der Waals surface area contributed by atoms with Gasteiger partial charge in [-0.2, -0.15) is 0 Å². The number of aliphatic carboxylic acids is 1. The largest absolute Gasteiger partial charge is 0.481 e. The van der Waals surface area contributed by atoms with E-state index in [0.717, 1.165) is 6.42 Å². The van der Waals surface area contributed by atoms with E-state index in [4.69, 9.17) is 5.11 Å². The lowest BCUT2D eigenvalue weighted by atomic mass is 9.85. The molecule has 0 fully saturated rings. The van der Waals surface area contributed by atoms with Crippen molar-refractivity contribution in [1.29, 1.82) is 0 Å². The molecule has 1 amide bonds. The average Bonchev–Trinajstić information content (AvgIpc) is 2.12. The van der Waals surface area contributed by atoms with Crippen LogP contribution in [0.4, 0.5) is 0 Å². The van der Waals surface area contributed by atoms with Crippen LogP contribution in [0.5, 0.6) is 0 Å². The number of hydrogen-bond donors (Lipinski definition) is 2. The summed E-state index contributed by atoms with van der Waals surface area (Å²) < 4.78 is 0. The molecule has 17 heavy (non-hydrogen) atoms. The van der Waals surface area contributed by atoms with Crippen LogP contribution in [0.15, 0.2) is 0 Å². The average molecular weight is 243 g/mol. The third-order valence-corrected chi connectivity index (χ3v) is 2.99. The molecule has 0 heterocycles. The molecule has 0 saturated heterocycles. The second-order valence-corrected chi connectivity index (χ2v) is 6.21.